The summed E-state index contributed by atoms with van der Waals surface area (Å²) < 4.78 is 35.7. The third-order valence-electron chi connectivity index (χ3n) is 6.93. The second kappa shape index (κ2) is 8.26. The number of nitrogens with zero attached hydrogens (tertiary/aromatic N) is 2. The Balaban J connectivity index is 1.11. The molecule has 9 heteroatoms. The van der Waals surface area contributed by atoms with Gasteiger partial charge in [-0.15, -0.1) is 0 Å². The Morgan fingerprint density at radius 3 is 2.52 bits per heavy atom. The lowest BCUT2D eigenvalue weighted by Gasteiger charge is -2.37. The summed E-state index contributed by atoms with van der Waals surface area (Å²) in [7, 11) is -2.86. The lowest BCUT2D eigenvalue weighted by molar-refractivity contribution is -0.117. The number of fused-ring (bicyclic) bond motifs is 1. The first-order chi connectivity index (χ1) is 14.9. The highest BCUT2D eigenvalue weighted by atomic mass is 32.2. The molecular formula is C22H31N3O5S. The van der Waals surface area contributed by atoms with Gasteiger partial charge in [0.2, 0.25) is 5.91 Å². The van der Waals surface area contributed by atoms with Crippen LogP contribution in [0.4, 0.5) is 5.69 Å². The molecule has 0 aromatic heterocycles. The van der Waals surface area contributed by atoms with Crippen LogP contribution < -0.4 is 14.8 Å². The maximum absolute atomic E-state index is 12.6. The van der Waals surface area contributed by atoms with Gasteiger partial charge in [0.25, 0.3) is 5.79 Å². The van der Waals surface area contributed by atoms with Crippen LogP contribution in [-0.4, -0.2) is 80.2 Å². The van der Waals surface area contributed by atoms with Crippen molar-refractivity contribution in [1.82, 2.24) is 9.80 Å². The van der Waals surface area contributed by atoms with E-state index in [0.29, 0.717) is 18.0 Å². The van der Waals surface area contributed by atoms with Gasteiger partial charge in [-0.3, -0.25) is 14.6 Å². The number of carbonyl (C=O) groups is 1. The largest absolute Gasteiger partial charge is 0.448 e. The van der Waals surface area contributed by atoms with Crippen LogP contribution in [0.5, 0.6) is 11.5 Å². The van der Waals surface area contributed by atoms with Crippen LogP contribution >= 0.6 is 0 Å². The Morgan fingerprint density at radius 1 is 1.06 bits per heavy atom. The minimum atomic E-state index is -2.86. The molecule has 2 saturated heterocycles. The molecule has 1 amide bonds. The summed E-state index contributed by atoms with van der Waals surface area (Å²) in [6.45, 7) is 3.48. The molecule has 1 N–H and O–H groups in total. The van der Waals surface area contributed by atoms with Crippen molar-refractivity contribution in [2.75, 3.05) is 49.5 Å². The maximum Gasteiger partial charge on any atom is 0.251 e. The SMILES string of the molecule is O=C(CN1CCN([C@@H]2CCS(=O)(=O)C2)CC1)Nc1ccc2c(c1)OC1(CCCCC1)O2. The molecule has 8 nitrogen and oxygen atoms in total. The summed E-state index contributed by atoms with van der Waals surface area (Å²) in [5, 5.41) is 2.98. The first kappa shape index (κ1) is 21.0. The first-order valence-electron chi connectivity index (χ1n) is 11.4. The average molecular weight is 450 g/mol. The Morgan fingerprint density at radius 2 is 1.81 bits per heavy atom. The topological polar surface area (TPSA) is 88.2 Å². The van der Waals surface area contributed by atoms with Gasteiger partial charge in [0.15, 0.2) is 21.3 Å². The van der Waals surface area contributed by atoms with E-state index < -0.39 is 15.6 Å². The number of carbonyl (C=O) groups excluding carboxylic acids is 1. The quantitative estimate of drug-likeness (QED) is 0.751. The summed E-state index contributed by atoms with van der Waals surface area (Å²) in [6, 6.07) is 5.74. The van der Waals surface area contributed by atoms with E-state index >= 15 is 0 Å². The van der Waals surface area contributed by atoms with Gasteiger partial charge in [-0.25, -0.2) is 8.42 Å². The molecule has 1 atom stereocenters. The van der Waals surface area contributed by atoms with Crippen LogP contribution in [0.15, 0.2) is 18.2 Å². The van der Waals surface area contributed by atoms with Crippen LogP contribution in [0, 0.1) is 0 Å². The van der Waals surface area contributed by atoms with Gasteiger partial charge in [-0.05, 0) is 31.4 Å². The number of sulfone groups is 1. The number of ether oxygens (including phenoxy) is 2. The van der Waals surface area contributed by atoms with Crippen LogP contribution in [0.2, 0.25) is 0 Å². The highest BCUT2D eigenvalue weighted by molar-refractivity contribution is 7.91. The Bertz CT molecular complexity index is 936. The van der Waals surface area contributed by atoms with Gasteiger partial charge in [-0.1, -0.05) is 6.42 Å². The van der Waals surface area contributed by atoms with E-state index in [4.69, 9.17) is 9.47 Å². The van der Waals surface area contributed by atoms with Crippen LogP contribution in [0.3, 0.4) is 0 Å². The molecule has 31 heavy (non-hydrogen) atoms. The number of hydrogen-bond donors (Lipinski definition) is 1. The van der Waals surface area contributed by atoms with E-state index in [-0.39, 0.29) is 17.7 Å². The number of anilines is 1. The number of rotatable bonds is 4. The van der Waals surface area contributed by atoms with Gasteiger partial charge < -0.3 is 14.8 Å². The van der Waals surface area contributed by atoms with Crippen LogP contribution in [-0.2, 0) is 14.6 Å². The highest BCUT2D eigenvalue weighted by Gasteiger charge is 2.42. The van der Waals surface area contributed by atoms with Crippen LogP contribution in [0.25, 0.3) is 0 Å². The molecule has 1 aliphatic carbocycles. The van der Waals surface area contributed by atoms with Gasteiger partial charge in [0, 0.05) is 56.8 Å². The van der Waals surface area contributed by atoms with Crippen molar-refractivity contribution in [2.45, 2.75) is 50.4 Å². The predicted octanol–water partition coefficient (Wildman–Crippen LogP) is 1.86. The van der Waals surface area contributed by atoms with Crippen molar-refractivity contribution < 1.29 is 22.7 Å². The number of benzene rings is 1. The minimum Gasteiger partial charge on any atom is -0.448 e. The fourth-order valence-electron chi connectivity index (χ4n) is 5.22. The molecular weight excluding hydrogens is 418 g/mol. The Labute approximate surface area is 183 Å². The lowest BCUT2D eigenvalue weighted by atomic mass is 9.94. The van der Waals surface area contributed by atoms with E-state index in [0.717, 1.165) is 69.7 Å². The molecule has 3 aliphatic heterocycles. The van der Waals surface area contributed by atoms with Crippen molar-refractivity contribution in [1.29, 1.82) is 0 Å². The third-order valence-corrected chi connectivity index (χ3v) is 8.68. The Hall–Kier alpha value is -1.84. The van der Waals surface area contributed by atoms with E-state index in [1.807, 2.05) is 18.2 Å². The lowest BCUT2D eigenvalue weighted by Crippen LogP contribution is -2.52. The van der Waals surface area contributed by atoms with E-state index in [2.05, 4.69) is 15.1 Å². The zero-order valence-electron chi connectivity index (χ0n) is 17.8. The molecule has 0 bridgehead atoms. The summed E-state index contributed by atoms with van der Waals surface area (Å²) >= 11 is 0. The normalized spacial score (nSPS) is 27.4. The number of amides is 1. The Kier molecular flexibility index (Phi) is 5.60. The summed E-state index contributed by atoms with van der Waals surface area (Å²) in [5.74, 6) is 1.48. The molecule has 1 aromatic rings. The second-order valence-corrected chi connectivity index (χ2v) is 11.5. The van der Waals surface area contributed by atoms with E-state index in [1.54, 1.807) is 0 Å². The van der Waals surface area contributed by atoms with Crippen LogP contribution in [0.1, 0.15) is 38.5 Å². The maximum atomic E-state index is 12.6. The van der Waals surface area contributed by atoms with Gasteiger partial charge in [0.05, 0.1) is 18.1 Å². The predicted molar refractivity (Wildman–Crippen MR) is 117 cm³/mol. The fraction of sp³-hybridized carbons (Fsp3) is 0.682. The summed E-state index contributed by atoms with van der Waals surface area (Å²) in [5.41, 5.74) is 0.718. The highest BCUT2D eigenvalue weighted by Crippen LogP contribution is 2.46. The van der Waals surface area contributed by atoms with Crippen molar-refractivity contribution >= 4 is 21.4 Å². The second-order valence-electron chi connectivity index (χ2n) is 9.25. The molecule has 5 rings (SSSR count). The zero-order valence-corrected chi connectivity index (χ0v) is 18.7. The molecule has 170 valence electrons. The van der Waals surface area contributed by atoms with Gasteiger partial charge in [0.1, 0.15) is 0 Å². The average Bonchev–Trinajstić information content (AvgIpc) is 3.27. The van der Waals surface area contributed by atoms with Crippen molar-refractivity contribution in [3.05, 3.63) is 18.2 Å². The first-order valence-corrected chi connectivity index (χ1v) is 13.2. The number of hydrogen-bond acceptors (Lipinski definition) is 7. The van der Waals surface area contributed by atoms with Crippen molar-refractivity contribution in [3.63, 3.8) is 0 Å². The monoisotopic (exact) mass is 449 g/mol. The van der Waals surface area contributed by atoms with Gasteiger partial charge in [-0.2, -0.15) is 0 Å². The van der Waals surface area contributed by atoms with Crippen molar-refractivity contribution in [2.24, 2.45) is 0 Å². The molecule has 4 aliphatic rings. The number of piperazine rings is 1. The van der Waals surface area contributed by atoms with Crippen molar-refractivity contribution in [3.8, 4) is 11.5 Å². The third kappa shape index (κ3) is 4.68. The molecule has 0 radical (unpaired) electrons. The zero-order chi connectivity index (χ0) is 21.5. The van der Waals surface area contributed by atoms with E-state index in [1.165, 1.54) is 6.42 Å². The molecule has 3 fully saturated rings. The molecule has 1 aromatic carbocycles. The molecule has 1 spiro atoms. The summed E-state index contributed by atoms with van der Waals surface area (Å²) in [4.78, 5) is 17.0. The smallest absolute Gasteiger partial charge is 0.251 e. The minimum absolute atomic E-state index is 0.0526. The molecule has 0 unspecified atom stereocenters. The molecule has 3 heterocycles. The number of nitrogens with one attached hydrogen (secondary N) is 1. The van der Waals surface area contributed by atoms with E-state index in [9.17, 15) is 13.2 Å². The molecule has 1 saturated carbocycles. The summed E-state index contributed by atoms with van der Waals surface area (Å²) in [6.07, 6.45) is 5.99. The standard InChI is InChI=1S/C22H31N3O5S/c26-21(15-24-9-11-25(12-10-24)18-6-13-31(27,28)16-18)23-17-4-5-19-20(14-17)30-22(29-19)7-2-1-3-8-22/h4-5,14,18H,1-3,6-13,15-16H2,(H,23,26)/t18-/m1/s1. The van der Waals surface area contributed by atoms with Gasteiger partial charge >= 0.3 is 0 Å². The fourth-order valence-corrected chi connectivity index (χ4v) is 6.98.